The van der Waals surface area contributed by atoms with Gasteiger partial charge in [-0.25, -0.2) is 19.0 Å². The summed E-state index contributed by atoms with van der Waals surface area (Å²) in [6, 6.07) is 11.1. The van der Waals surface area contributed by atoms with Crippen molar-refractivity contribution >= 4 is 27.2 Å². The molecule has 0 saturated carbocycles. The number of benzene rings is 1. The van der Waals surface area contributed by atoms with Crippen molar-refractivity contribution in [1.82, 2.24) is 24.3 Å². The molecule has 0 fully saturated rings. The van der Waals surface area contributed by atoms with E-state index in [2.05, 4.69) is 15.1 Å². The molecule has 32 heavy (non-hydrogen) atoms. The van der Waals surface area contributed by atoms with Crippen LogP contribution in [0.4, 0.5) is 5.69 Å². The van der Waals surface area contributed by atoms with Gasteiger partial charge in [-0.2, -0.15) is 5.10 Å². The Morgan fingerprint density at radius 1 is 1.12 bits per heavy atom. The fraction of sp³-hybridized carbons (Fsp3) is 0.0476. The maximum absolute atomic E-state index is 13.3. The third kappa shape index (κ3) is 3.11. The monoisotopic (exact) mass is 446 g/mol. The predicted molar refractivity (Wildman–Crippen MR) is 120 cm³/mol. The third-order valence-electron chi connectivity index (χ3n) is 5.06. The van der Waals surface area contributed by atoms with Crippen LogP contribution in [-0.2, 0) is 0 Å². The van der Waals surface area contributed by atoms with Crippen LogP contribution in [-0.4, -0.2) is 29.2 Å². The fourth-order valence-corrected chi connectivity index (χ4v) is 4.70. The summed E-state index contributed by atoms with van der Waals surface area (Å²) in [5, 5.41) is 15.4. The molecule has 1 N–H and O–H groups in total. The summed E-state index contributed by atoms with van der Waals surface area (Å²) in [5.74, 6) is 0.552. The summed E-state index contributed by atoms with van der Waals surface area (Å²) in [6.45, 7) is 1.79. The molecule has 0 aliphatic rings. The fourth-order valence-electron chi connectivity index (χ4n) is 3.51. The van der Waals surface area contributed by atoms with E-state index in [-0.39, 0.29) is 5.69 Å². The number of rotatable bonds is 4. The van der Waals surface area contributed by atoms with Gasteiger partial charge in [0.2, 0.25) is 0 Å². The third-order valence-corrected chi connectivity index (χ3v) is 6.31. The summed E-state index contributed by atoms with van der Waals surface area (Å²) in [4.78, 5) is 44.7. The van der Waals surface area contributed by atoms with E-state index < -0.39 is 16.2 Å². The van der Waals surface area contributed by atoms with Crippen molar-refractivity contribution < 1.29 is 4.92 Å². The molecule has 4 heterocycles. The highest BCUT2D eigenvalue weighted by molar-refractivity contribution is 7.22. The molecule has 5 aromatic rings. The molecule has 0 aliphatic heterocycles. The van der Waals surface area contributed by atoms with Gasteiger partial charge < -0.3 is 0 Å². The van der Waals surface area contributed by atoms with Gasteiger partial charge in [-0.1, -0.05) is 0 Å². The van der Waals surface area contributed by atoms with E-state index >= 15 is 0 Å². The number of nitrogens with one attached hydrogen (secondary N) is 1. The number of non-ortho nitro benzene ring substituents is 1. The molecule has 0 saturated heterocycles. The zero-order valence-electron chi connectivity index (χ0n) is 16.6. The molecule has 0 bridgehead atoms. The smallest absolute Gasteiger partial charge is 0.298 e. The normalized spacial score (nSPS) is 11.2. The van der Waals surface area contributed by atoms with E-state index in [0.717, 1.165) is 15.0 Å². The number of nitro groups is 1. The summed E-state index contributed by atoms with van der Waals surface area (Å²) < 4.78 is 2.61. The molecular formula is C21H14N6O4S. The van der Waals surface area contributed by atoms with Gasteiger partial charge in [-0.05, 0) is 48.4 Å². The highest BCUT2D eigenvalue weighted by Gasteiger charge is 2.18. The van der Waals surface area contributed by atoms with E-state index in [4.69, 9.17) is 0 Å². The van der Waals surface area contributed by atoms with Gasteiger partial charge in [0.15, 0.2) is 5.82 Å². The number of H-pyrrole nitrogens is 1. The van der Waals surface area contributed by atoms with Crippen molar-refractivity contribution in [2.45, 2.75) is 6.92 Å². The molecule has 0 spiro atoms. The molecular weight excluding hydrogens is 432 g/mol. The quantitative estimate of drug-likeness (QED) is 0.333. The van der Waals surface area contributed by atoms with Gasteiger partial charge in [-0.3, -0.25) is 19.9 Å². The zero-order valence-corrected chi connectivity index (χ0v) is 17.4. The molecule has 158 valence electrons. The van der Waals surface area contributed by atoms with Crippen LogP contribution in [0.15, 0.2) is 70.6 Å². The molecule has 0 aliphatic carbocycles. The van der Waals surface area contributed by atoms with Crippen LogP contribution in [0, 0.1) is 17.0 Å². The highest BCUT2D eigenvalue weighted by Crippen LogP contribution is 2.36. The summed E-state index contributed by atoms with van der Waals surface area (Å²) in [6.07, 6.45) is 4.81. The van der Waals surface area contributed by atoms with E-state index in [1.807, 2.05) is 0 Å². The number of aromatic amines is 1. The number of hydrogen-bond acceptors (Lipinski definition) is 7. The minimum Gasteiger partial charge on any atom is -0.298 e. The molecule has 5 rings (SSSR count). The average Bonchev–Trinajstić information content (AvgIpc) is 3.43. The molecule has 0 unspecified atom stereocenters. The molecule has 10 nitrogen and oxygen atoms in total. The van der Waals surface area contributed by atoms with Gasteiger partial charge >= 0.3 is 5.69 Å². The second-order valence-electron chi connectivity index (χ2n) is 6.96. The van der Waals surface area contributed by atoms with Crippen molar-refractivity contribution in [2.24, 2.45) is 0 Å². The molecule has 0 radical (unpaired) electrons. The van der Waals surface area contributed by atoms with Crippen LogP contribution in [0.1, 0.15) is 5.56 Å². The lowest BCUT2D eigenvalue weighted by molar-refractivity contribution is -0.384. The van der Waals surface area contributed by atoms with Gasteiger partial charge in [-0.15, -0.1) is 11.3 Å². The second kappa shape index (κ2) is 7.39. The van der Waals surface area contributed by atoms with Gasteiger partial charge in [0.25, 0.3) is 11.2 Å². The summed E-state index contributed by atoms with van der Waals surface area (Å²) in [7, 11) is 0. The summed E-state index contributed by atoms with van der Waals surface area (Å²) in [5.41, 5.74) is 0.694. The SMILES string of the molecule is Cc1c(-c2ccc([N+](=O)[O-])cc2)sc2[nH]c(=O)n(-c3ccc(-n4cccn4)nc3)c(=O)c12. The Labute approximate surface area is 183 Å². The standard InChI is InChI=1S/C21H14N6O4S/c1-12-17-19(32-18(12)13-3-5-14(6-4-13)27(30)31)24-21(29)26(20(17)28)15-7-8-16(22-11-15)25-10-2-9-23-25/h2-11H,1H3,(H,24,29). The van der Waals surface area contributed by atoms with Crippen molar-refractivity contribution in [3.63, 3.8) is 0 Å². The number of pyridine rings is 1. The number of thiophene rings is 1. The molecule has 11 heteroatoms. The predicted octanol–water partition coefficient (Wildman–Crippen LogP) is 3.20. The number of hydrogen-bond donors (Lipinski definition) is 1. The maximum Gasteiger partial charge on any atom is 0.334 e. The van der Waals surface area contributed by atoms with Crippen LogP contribution in [0.5, 0.6) is 0 Å². The Balaban J connectivity index is 1.63. The number of nitrogens with zero attached hydrogens (tertiary/aromatic N) is 5. The van der Waals surface area contributed by atoms with Gasteiger partial charge in [0, 0.05) is 29.4 Å². The van der Waals surface area contributed by atoms with Crippen molar-refractivity contribution in [3.8, 4) is 21.9 Å². The Bertz CT molecular complexity index is 1580. The first-order chi connectivity index (χ1) is 15.4. The Morgan fingerprint density at radius 2 is 1.91 bits per heavy atom. The minimum absolute atomic E-state index is 0.0191. The molecule has 0 atom stereocenters. The van der Waals surface area contributed by atoms with Crippen molar-refractivity contribution in [3.05, 3.63) is 97.6 Å². The Morgan fingerprint density at radius 3 is 2.53 bits per heavy atom. The zero-order chi connectivity index (χ0) is 22.4. The van der Waals surface area contributed by atoms with Crippen LogP contribution in [0.25, 0.3) is 32.2 Å². The Hall–Kier alpha value is -4.38. The Kier molecular flexibility index (Phi) is 4.52. The minimum atomic E-state index is -0.576. The summed E-state index contributed by atoms with van der Waals surface area (Å²) >= 11 is 1.26. The lowest BCUT2D eigenvalue weighted by atomic mass is 10.1. The molecule has 1 aromatic carbocycles. The van der Waals surface area contributed by atoms with E-state index in [0.29, 0.717) is 27.3 Å². The number of aryl methyl sites for hydroxylation is 1. The topological polar surface area (TPSA) is 129 Å². The van der Waals surface area contributed by atoms with E-state index in [1.165, 1.54) is 29.7 Å². The van der Waals surface area contributed by atoms with Crippen molar-refractivity contribution in [1.29, 1.82) is 0 Å². The van der Waals surface area contributed by atoms with Crippen LogP contribution >= 0.6 is 11.3 Å². The van der Waals surface area contributed by atoms with Crippen LogP contribution in [0.2, 0.25) is 0 Å². The van der Waals surface area contributed by atoms with E-state index in [9.17, 15) is 19.7 Å². The second-order valence-corrected chi connectivity index (χ2v) is 7.98. The largest absolute Gasteiger partial charge is 0.334 e. The van der Waals surface area contributed by atoms with Crippen LogP contribution < -0.4 is 11.2 Å². The number of nitro benzene ring substituents is 1. The van der Waals surface area contributed by atoms with Crippen molar-refractivity contribution in [2.75, 3.05) is 0 Å². The first kappa shape index (κ1) is 19.6. The first-order valence-electron chi connectivity index (χ1n) is 9.44. The molecule has 0 amide bonds. The molecule has 4 aromatic heterocycles. The van der Waals surface area contributed by atoms with Gasteiger partial charge in [0.05, 0.1) is 22.2 Å². The maximum atomic E-state index is 13.3. The highest BCUT2D eigenvalue weighted by atomic mass is 32.1. The first-order valence-corrected chi connectivity index (χ1v) is 10.3. The van der Waals surface area contributed by atoms with E-state index in [1.54, 1.807) is 54.3 Å². The van der Waals surface area contributed by atoms with Crippen LogP contribution in [0.3, 0.4) is 0 Å². The lowest BCUT2D eigenvalue weighted by Crippen LogP contribution is -2.33. The lowest BCUT2D eigenvalue weighted by Gasteiger charge is -2.06. The number of fused-ring (bicyclic) bond motifs is 1. The van der Waals surface area contributed by atoms with Gasteiger partial charge in [0.1, 0.15) is 4.83 Å². The number of aromatic nitrogens is 5. The average molecular weight is 446 g/mol.